The Hall–Kier alpha value is -1.67. The summed E-state index contributed by atoms with van der Waals surface area (Å²) < 4.78 is 10.2. The summed E-state index contributed by atoms with van der Waals surface area (Å²) in [7, 11) is 1.65. The number of benzene rings is 1. The Morgan fingerprint density at radius 3 is 2.85 bits per heavy atom. The smallest absolute Gasteiger partial charge is 0.305 e. The molecule has 1 aliphatic rings. The number of aliphatic hydroxyl groups excluding tert-OH is 2. The fourth-order valence-corrected chi connectivity index (χ4v) is 5.06. The van der Waals surface area contributed by atoms with Crippen LogP contribution >= 0.6 is 11.8 Å². The van der Waals surface area contributed by atoms with Gasteiger partial charge in [-0.05, 0) is 41.9 Å². The van der Waals surface area contributed by atoms with Crippen LogP contribution in [0.5, 0.6) is 0 Å². The highest BCUT2D eigenvalue weighted by atomic mass is 32.2. The molecule has 0 amide bonds. The topological polar surface area (TPSA) is 93.1 Å². The van der Waals surface area contributed by atoms with Crippen molar-refractivity contribution in [2.75, 3.05) is 25.2 Å². The quantitative estimate of drug-likeness (QED) is 0.225. The van der Waals surface area contributed by atoms with E-state index in [-0.39, 0.29) is 30.0 Å². The van der Waals surface area contributed by atoms with Crippen LogP contribution in [0.4, 0.5) is 0 Å². The zero-order valence-electron chi connectivity index (χ0n) is 19.8. The first kappa shape index (κ1) is 27.6. The van der Waals surface area contributed by atoms with Crippen molar-refractivity contribution in [1.29, 1.82) is 0 Å². The van der Waals surface area contributed by atoms with E-state index < -0.39 is 12.2 Å². The normalized spacial score (nSPS) is 21.6. The van der Waals surface area contributed by atoms with Gasteiger partial charge < -0.3 is 19.7 Å². The third-order valence-electron chi connectivity index (χ3n) is 5.75. The first-order valence-electron chi connectivity index (χ1n) is 11.8. The van der Waals surface area contributed by atoms with Crippen molar-refractivity contribution < 1.29 is 29.3 Å². The Bertz CT molecular complexity index is 765. The van der Waals surface area contributed by atoms with Gasteiger partial charge in [-0.25, -0.2) is 0 Å². The van der Waals surface area contributed by atoms with E-state index in [0.717, 1.165) is 35.5 Å². The Kier molecular flexibility index (Phi) is 12.8. The SMILES string of the molecule is CCCOC(=O)CCCSCC[C@H]1C(=O)C[C@@H](O)[C@@H]1/C=C/[C@@H](O)Cc1cccc(COC)c1. The summed E-state index contributed by atoms with van der Waals surface area (Å²) in [5.41, 5.74) is 2.06. The van der Waals surface area contributed by atoms with Crippen LogP contribution in [0.3, 0.4) is 0 Å². The van der Waals surface area contributed by atoms with Gasteiger partial charge in [0.1, 0.15) is 5.78 Å². The molecule has 0 radical (unpaired) electrons. The lowest BCUT2D eigenvalue weighted by Gasteiger charge is -2.18. The molecule has 2 rings (SSSR count). The molecule has 1 aliphatic carbocycles. The zero-order valence-corrected chi connectivity index (χ0v) is 20.6. The highest BCUT2D eigenvalue weighted by Crippen LogP contribution is 2.34. The van der Waals surface area contributed by atoms with Crippen molar-refractivity contribution >= 4 is 23.5 Å². The van der Waals surface area contributed by atoms with Crippen LogP contribution in [-0.4, -0.2) is 59.4 Å². The van der Waals surface area contributed by atoms with Crippen LogP contribution in [0.1, 0.15) is 50.2 Å². The van der Waals surface area contributed by atoms with Gasteiger partial charge in [0.05, 0.1) is 25.4 Å². The number of hydrogen-bond acceptors (Lipinski definition) is 7. The van der Waals surface area contributed by atoms with Crippen molar-refractivity contribution in [3.8, 4) is 0 Å². The first-order valence-corrected chi connectivity index (χ1v) is 13.0. The monoisotopic (exact) mass is 478 g/mol. The summed E-state index contributed by atoms with van der Waals surface area (Å²) in [5, 5.41) is 20.8. The fourth-order valence-electron chi connectivity index (χ4n) is 4.09. The molecule has 1 aromatic carbocycles. The van der Waals surface area contributed by atoms with Gasteiger partial charge in [0.2, 0.25) is 0 Å². The summed E-state index contributed by atoms with van der Waals surface area (Å²) in [6, 6.07) is 7.91. The second-order valence-electron chi connectivity index (χ2n) is 8.56. The van der Waals surface area contributed by atoms with Crippen LogP contribution < -0.4 is 0 Å². The van der Waals surface area contributed by atoms with Gasteiger partial charge in [-0.3, -0.25) is 9.59 Å². The lowest BCUT2D eigenvalue weighted by molar-refractivity contribution is -0.143. The number of carbonyl (C=O) groups is 2. The maximum atomic E-state index is 12.4. The molecule has 184 valence electrons. The molecule has 0 unspecified atom stereocenters. The lowest BCUT2D eigenvalue weighted by Crippen LogP contribution is -2.20. The van der Waals surface area contributed by atoms with Gasteiger partial charge >= 0.3 is 5.97 Å². The molecule has 6 nitrogen and oxygen atoms in total. The summed E-state index contributed by atoms with van der Waals surface area (Å²) in [4.78, 5) is 23.9. The number of Topliss-reactive ketones (excluding diaryl/α,β-unsaturated/α-hetero) is 1. The maximum absolute atomic E-state index is 12.4. The van der Waals surface area contributed by atoms with E-state index in [4.69, 9.17) is 9.47 Å². The van der Waals surface area contributed by atoms with Crippen LogP contribution in [0.2, 0.25) is 0 Å². The number of thioether (sulfide) groups is 1. The van der Waals surface area contributed by atoms with E-state index in [2.05, 4.69) is 0 Å². The molecule has 1 saturated carbocycles. The molecule has 2 N–H and O–H groups in total. The molecule has 0 aromatic heterocycles. The number of carbonyl (C=O) groups excluding carboxylic acids is 2. The van der Waals surface area contributed by atoms with E-state index >= 15 is 0 Å². The number of ketones is 1. The standard InChI is InChI=1S/C26H38O6S/c1-3-12-32-26(30)8-5-13-33-14-11-23-22(24(28)17-25(23)29)10-9-21(27)16-19-6-4-7-20(15-19)18-31-2/h4,6-7,9-10,15,21-24,27-28H,3,5,8,11-14,16-18H2,1-2H3/b10-9+/t21-,22-,23-,24-/m1/s1. The van der Waals surface area contributed by atoms with Gasteiger partial charge in [0.25, 0.3) is 0 Å². The molecule has 0 heterocycles. The number of hydrogen-bond donors (Lipinski definition) is 2. The number of methoxy groups -OCH3 is 1. The highest BCUT2D eigenvalue weighted by Gasteiger charge is 2.39. The summed E-state index contributed by atoms with van der Waals surface area (Å²) in [5.74, 6) is 1.08. The molecule has 0 bridgehead atoms. The van der Waals surface area contributed by atoms with Gasteiger partial charge in [-0.2, -0.15) is 11.8 Å². The predicted molar refractivity (Wildman–Crippen MR) is 131 cm³/mol. The van der Waals surface area contributed by atoms with Crippen molar-refractivity contribution in [2.45, 2.75) is 64.3 Å². The van der Waals surface area contributed by atoms with E-state index in [9.17, 15) is 19.8 Å². The number of aliphatic hydroxyl groups is 2. The highest BCUT2D eigenvalue weighted by molar-refractivity contribution is 7.99. The average Bonchev–Trinajstić information content (AvgIpc) is 3.05. The van der Waals surface area contributed by atoms with Gasteiger partial charge in [-0.1, -0.05) is 43.3 Å². The number of ether oxygens (including phenoxy) is 2. The fraction of sp³-hybridized carbons (Fsp3) is 0.615. The second kappa shape index (κ2) is 15.3. The van der Waals surface area contributed by atoms with Crippen molar-refractivity contribution in [3.63, 3.8) is 0 Å². The molecule has 1 fully saturated rings. The Balaban J connectivity index is 1.78. The molecular formula is C26H38O6S. The maximum Gasteiger partial charge on any atom is 0.305 e. The average molecular weight is 479 g/mol. The molecule has 4 atom stereocenters. The zero-order chi connectivity index (χ0) is 24.1. The van der Waals surface area contributed by atoms with Crippen molar-refractivity contribution in [1.82, 2.24) is 0 Å². The Morgan fingerprint density at radius 2 is 2.09 bits per heavy atom. The minimum Gasteiger partial charge on any atom is -0.466 e. The molecule has 0 spiro atoms. The molecule has 7 heteroatoms. The van der Waals surface area contributed by atoms with Gasteiger partial charge in [0.15, 0.2) is 0 Å². The Morgan fingerprint density at radius 1 is 1.30 bits per heavy atom. The minimum atomic E-state index is -0.700. The first-order chi connectivity index (χ1) is 15.9. The van der Waals surface area contributed by atoms with Gasteiger partial charge in [-0.15, -0.1) is 0 Å². The molecular weight excluding hydrogens is 440 g/mol. The van der Waals surface area contributed by atoms with Crippen LogP contribution in [-0.2, 0) is 32.1 Å². The summed E-state index contributed by atoms with van der Waals surface area (Å²) in [6.45, 7) is 2.97. The third-order valence-corrected chi connectivity index (χ3v) is 6.85. The third kappa shape index (κ3) is 10.0. The molecule has 33 heavy (non-hydrogen) atoms. The largest absolute Gasteiger partial charge is 0.466 e. The van der Waals surface area contributed by atoms with Crippen molar-refractivity contribution in [2.24, 2.45) is 11.8 Å². The van der Waals surface area contributed by atoms with Crippen LogP contribution in [0, 0.1) is 11.8 Å². The summed E-state index contributed by atoms with van der Waals surface area (Å²) in [6.07, 6.45) is 5.47. The molecule has 0 aliphatic heterocycles. The number of esters is 1. The molecule has 1 aromatic rings. The number of rotatable bonds is 15. The van der Waals surface area contributed by atoms with Crippen LogP contribution in [0.15, 0.2) is 36.4 Å². The summed E-state index contributed by atoms with van der Waals surface area (Å²) >= 11 is 1.72. The van der Waals surface area contributed by atoms with E-state index in [0.29, 0.717) is 32.5 Å². The molecule has 0 saturated heterocycles. The van der Waals surface area contributed by atoms with E-state index in [1.54, 1.807) is 24.9 Å². The van der Waals surface area contributed by atoms with E-state index in [1.165, 1.54) is 0 Å². The van der Waals surface area contributed by atoms with E-state index in [1.807, 2.05) is 37.3 Å². The minimum absolute atomic E-state index is 0.0858. The Labute approximate surface area is 201 Å². The lowest BCUT2D eigenvalue weighted by atomic mass is 9.91. The predicted octanol–water partition coefficient (Wildman–Crippen LogP) is 3.72. The van der Waals surface area contributed by atoms with Crippen LogP contribution in [0.25, 0.3) is 0 Å². The van der Waals surface area contributed by atoms with Gasteiger partial charge in [0, 0.05) is 38.2 Å². The van der Waals surface area contributed by atoms with Crippen molar-refractivity contribution in [3.05, 3.63) is 47.5 Å². The second-order valence-corrected chi connectivity index (χ2v) is 9.78.